The van der Waals surface area contributed by atoms with E-state index in [1.807, 2.05) is 6.07 Å². The van der Waals surface area contributed by atoms with E-state index in [4.69, 9.17) is 14.2 Å². The number of aryl methyl sites for hydroxylation is 1. The topological polar surface area (TPSA) is 99.9 Å². The zero-order chi connectivity index (χ0) is 21.3. The molecule has 1 aliphatic heterocycles. The van der Waals surface area contributed by atoms with Gasteiger partial charge in [0.05, 0.1) is 24.1 Å². The Kier molecular flexibility index (Phi) is 5.27. The Balaban J connectivity index is 1.59. The van der Waals surface area contributed by atoms with Crippen LogP contribution < -0.4 is 10.3 Å². The van der Waals surface area contributed by atoms with Crippen molar-refractivity contribution in [2.24, 2.45) is 7.05 Å². The predicted octanol–water partition coefficient (Wildman–Crippen LogP) is 2.50. The highest BCUT2D eigenvalue weighted by molar-refractivity contribution is 5.78. The lowest BCUT2D eigenvalue weighted by Crippen LogP contribution is -2.45. The Labute approximate surface area is 172 Å². The molecular weight excluding hydrogens is 388 g/mol. The molecule has 0 aliphatic carbocycles. The number of carboxylic acids is 1. The van der Waals surface area contributed by atoms with Gasteiger partial charge in [0.15, 0.2) is 0 Å². The van der Waals surface area contributed by atoms with Crippen molar-refractivity contribution in [2.75, 3.05) is 13.2 Å². The fourth-order valence-corrected chi connectivity index (χ4v) is 3.56. The van der Waals surface area contributed by atoms with E-state index in [0.717, 1.165) is 0 Å². The maximum absolute atomic E-state index is 12.5. The number of hydrogen-bond donors (Lipinski definition) is 1. The van der Waals surface area contributed by atoms with E-state index in [2.05, 4.69) is 4.98 Å². The number of aliphatic carboxylic acids is 1. The molecule has 0 atom stereocenters. The maximum atomic E-state index is 12.5. The fraction of sp³-hybridized carbons (Fsp3) is 0.318. The Morgan fingerprint density at radius 2 is 1.97 bits per heavy atom. The Bertz CT molecular complexity index is 1160. The SMILES string of the molecule is Cc1cc(OCc2nc3ccccc3c(=O)n2C)ccc1C1(C(=O)O)OCCCO1. The van der Waals surface area contributed by atoms with Gasteiger partial charge in [-0.3, -0.25) is 9.36 Å². The first-order valence-corrected chi connectivity index (χ1v) is 9.62. The number of benzene rings is 2. The van der Waals surface area contributed by atoms with Gasteiger partial charge in [-0.1, -0.05) is 12.1 Å². The molecule has 1 aliphatic rings. The van der Waals surface area contributed by atoms with Crippen molar-refractivity contribution in [3.05, 3.63) is 69.8 Å². The van der Waals surface area contributed by atoms with Crippen LogP contribution in [-0.4, -0.2) is 33.8 Å². The van der Waals surface area contributed by atoms with E-state index in [9.17, 15) is 14.7 Å². The first-order valence-electron chi connectivity index (χ1n) is 9.62. The molecule has 2 heterocycles. The molecule has 1 saturated heterocycles. The summed E-state index contributed by atoms with van der Waals surface area (Å²) in [6, 6.07) is 12.2. The number of rotatable bonds is 5. The van der Waals surface area contributed by atoms with Gasteiger partial charge in [0.25, 0.3) is 11.3 Å². The lowest BCUT2D eigenvalue weighted by atomic mass is 9.99. The number of nitrogens with zero attached hydrogens (tertiary/aromatic N) is 2. The summed E-state index contributed by atoms with van der Waals surface area (Å²) in [6.07, 6.45) is 0.646. The lowest BCUT2D eigenvalue weighted by molar-refractivity contribution is -0.273. The van der Waals surface area contributed by atoms with Crippen molar-refractivity contribution in [1.29, 1.82) is 0 Å². The van der Waals surface area contributed by atoms with Crippen molar-refractivity contribution in [3.63, 3.8) is 0 Å². The number of para-hydroxylation sites is 1. The summed E-state index contributed by atoms with van der Waals surface area (Å²) in [6.45, 7) is 2.49. The van der Waals surface area contributed by atoms with Crippen molar-refractivity contribution < 1.29 is 24.1 Å². The predicted molar refractivity (Wildman–Crippen MR) is 108 cm³/mol. The molecule has 1 aromatic heterocycles. The third-order valence-electron chi connectivity index (χ3n) is 5.18. The highest BCUT2D eigenvalue weighted by Crippen LogP contribution is 2.35. The molecule has 1 fully saturated rings. The molecule has 2 aromatic carbocycles. The van der Waals surface area contributed by atoms with Crippen molar-refractivity contribution in [3.8, 4) is 5.75 Å². The van der Waals surface area contributed by atoms with Crippen LogP contribution >= 0.6 is 0 Å². The molecule has 30 heavy (non-hydrogen) atoms. The van der Waals surface area contributed by atoms with E-state index in [1.54, 1.807) is 50.4 Å². The van der Waals surface area contributed by atoms with Crippen LogP contribution in [0.4, 0.5) is 0 Å². The van der Waals surface area contributed by atoms with Crippen LogP contribution in [-0.2, 0) is 33.7 Å². The number of carboxylic acid groups (broad SMARTS) is 1. The smallest absolute Gasteiger partial charge is 0.369 e. The number of fused-ring (bicyclic) bond motifs is 1. The van der Waals surface area contributed by atoms with Crippen LogP contribution in [0.15, 0.2) is 47.3 Å². The molecule has 0 spiro atoms. The number of hydrogen-bond acceptors (Lipinski definition) is 6. The summed E-state index contributed by atoms with van der Waals surface area (Å²) in [7, 11) is 1.66. The van der Waals surface area contributed by atoms with E-state index >= 15 is 0 Å². The molecule has 0 unspecified atom stereocenters. The van der Waals surface area contributed by atoms with Gasteiger partial charge in [-0.2, -0.15) is 0 Å². The molecule has 4 rings (SSSR count). The summed E-state index contributed by atoms with van der Waals surface area (Å²) in [5, 5.41) is 10.3. The van der Waals surface area contributed by atoms with E-state index in [-0.39, 0.29) is 12.2 Å². The largest absolute Gasteiger partial charge is 0.486 e. The van der Waals surface area contributed by atoms with E-state index < -0.39 is 11.8 Å². The molecule has 0 radical (unpaired) electrons. The number of ether oxygens (including phenoxy) is 3. The molecule has 0 bridgehead atoms. The average molecular weight is 410 g/mol. The summed E-state index contributed by atoms with van der Waals surface area (Å²) in [5.74, 6) is -1.98. The third-order valence-corrected chi connectivity index (χ3v) is 5.18. The van der Waals surface area contributed by atoms with Gasteiger partial charge in [0.1, 0.15) is 18.2 Å². The summed E-state index contributed by atoms with van der Waals surface area (Å²) in [5.41, 5.74) is 1.57. The standard InChI is InChI=1S/C22H22N2O6/c1-14-12-15(8-9-17(14)22(21(26)27)29-10-5-11-30-22)28-13-19-23-18-7-4-3-6-16(18)20(25)24(19)2/h3-4,6-9,12H,5,10-11,13H2,1-2H3,(H,26,27). The molecule has 3 aromatic rings. The van der Waals surface area contributed by atoms with Gasteiger partial charge >= 0.3 is 5.97 Å². The molecule has 1 N–H and O–H groups in total. The molecule has 156 valence electrons. The fourth-order valence-electron chi connectivity index (χ4n) is 3.56. The summed E-state index contributed by atoms with van der Waals surface area (Å²) in [4.78, 5) is 28.9. The second kappa shape index (κ2) is 7.89. The van der Waals surface area contributed by atoms with Crippen LogP contribution in [0.2, 0.25) is 0 Å². The van der Waals surface area contributed by atoms with Gasteiger partial charge in [-0.25, -0.2) is 9.78 Å². The third kappa shape index (κ3) is 3.44. The molecule has 0 saturated carbocycles. The second-order valence-corrected chi connectivity index (χ2v) is 7.15. The Morgan fingerprint density at radius 1 is 1.23 bits per heavy atom. The summed E-state index contributed by atoms with van der Waals surface area (Å²) < 4.78 is 18.4. The molecule has 8 nitrogen and oxygen atoms in total. The van der Waals surface area contributed by atoms with Crippen LogP contribution in [0, 0.1) is 6.92 Å². The summed E-state index contributed by atoms with van der Waals surface area (Å²) >= 11 is 0. The van der Waals surface area contributed by atoms with Gasteiger partial charge in [0.2, 0.25) is 0 Å². The monoisotopic (exact) mass is 410 g/mol. The highest BCUT2D eigenvalue weighted by Gasteiger charge is 2.46. The van der Waals surface area contributed by atoms with Gasteiger partial charge in [0, 0.05) is 12.6 Å². The van der Waals surface area contributed by atoms with Crippen molar-refractivity contribution >= 4 is 16.9 Å². The van der Waals surface area contributed by atoms with Crippen LogP contribution in [0.5, 0.6) is 5.75 Å². The Morgan fingerprint density at radius 3 is 2.67 bits per heavy atom. The van der Waals surface area contributed by atoms with Crippen molar-refractivity contribution in [2.45, 2.75) is 25.7 Å². The first-order chi connectivity index (χ1) is 14.4. The minimum atomic E-state index is -1.80. The lowest BCUT2D eigenvalue weighted by Gasteiger charge is -2.34. The minimum absolute atomic E-state index is 0.0897. The normalized spacial score (nSPS) is 15.8. The molecule has 8 heteroatoms. The zero-order valence-electron chi connectivity index (χ0n) is 16.8. The van der Waals surface area contributed by atoms with Crippen molar-refractivity contribution in [1.82, 2.24) is 9.55 Å². The average Bonchev–Trinajstić information content (AvgIpc) is 2.75. The van der Waals surface area contributed by atoms with Crippen LogP contribution in [0.3, 0.4) is 0 Å². The highest BCUT2D eigenvalue weighted by atomic mass is 16.7. The van der Waals surface area contributed by atoms with Crippen LogP contribution in [0.1, 0.15) is 23.4 Å². The second-order valence-electron chi connectivity index (χ2n) is 7.15. The van der Waals surface area contributed by atoms with Gasteiger partial charge < -0.3 is 19.3 Å². The first kappa shape index (κ1) is 20.1. The maximum Gasteiger partial charge on any atom is 0.369 e. The van der Waals surface area contributed by atoms with Gasteiger partial charge in [-0.05, 0) is 49.2 Å². The van der Waals surface area contributed by atoms with E-state index in [0.29, 0.717) is 53.2 Å². The van der Waals surface area contributed by atoms with E-state index in [1.165, 1.54) is 4.57 Å². The quantitative estimate of drug-likeness (QED) is 0.690. The Hall–Kier alpha value is -3.23. The molecular formula is C22H22N2O6. The number of aromatic nitrogens is 2. The van der Waals surface area contributed by atoms with Crippen LogP contribution in [0.25, 0.3) is 10.9 Å². The zero-order valence-corrected chi connectivity index (χ0v) is 16.8. The molecule has 0 amide bonds. The van der Waals surface area contributed by atoms with Gasteiger partial charge in [-0.15, -0.1) is 0 Å². The number of carbonyl (C=O) groups is 1. The minimum Gasteiger partial charge on any atom is -0.486 e.